The number of anilines is 1. The number of fused-ring (bicyclic) bond motifs is 2. The highest BCUT2D eigenvalue weighted by atomic mass is 32.2. The molecule has 254 valence electrons. The van der Waals surface area contributed by atoms with Gasteiger partial charge in [-0.1, -0.05) is 51.1 Å². The van der Waals surface area contributed by atoms with Gasteiger partial charge in [0.1, 0.15) is 18.1 Å². The molecule has 2 aromatic carbocycles. The number of halogens is 1. The summed E-state index contributed by atoms with van der Waals surface area (Å²) < 4.78 is 22.0. The number of nitrogens with one attached hydrogen (secondary N) is 2. The molecule has 0 aliphatic carbocycles. The minimum atomic E-state index is -0.109. The molecule has 0 aromatic heterocycles. The molecule has 3 unspecified atom stereocenters. The van der Waals surface area contributed by atoms with Gasteiger partial charge in [-0.15, -0.1) is 11.8 Å². The summed E-state index contributed by atoms with van der Waals surface area (Å²) in [7, 11) is 0. The first-order chi connectivity index (χ1) is 22.7. The third-order valence-electron chi connectivity index (χ3n) is 10.8. The fraction of sp³-hybridized carbons (Fsp3) is 0.622. The molecule has 0 radical (unpaired) electrons. The lowest BCUT2D eigenvalue weighted by atomic mass is 9.86. The molecule has 5 aliphatic rings. The largest absolute Gasteiger partial charge is 0.352 e. The molecular formula is C37H50FN5O3S. The Bertz CT molecular complexity index is 1450. The van der Waals surface area contributed by atoms with Crippen molar-refractivity contribution in [3.63, 3.8) is 0 Å². The number of nitrogens with zero attached hydrogens (tertiary/aromatic N) is 3. The Morgan fingerprint density at radius 1 is 1.02 bits per heavy atom. The van der Waals surface area contributed by atoms with E-state index in [1.807, 2.05) is 34.1 Å². The van der Waals surface area contributed by atoms with Crippen molar-refractivity contribution in [2.45, 2.75) is 101 Å². The number of benzene rings is 2. The lowest BCUT2D eigenvalue weighted by Gasteiger charge is -2.40. The first-order valence-electron chi connectivity index (χ1n) is 17.7. The Kier molecular flexibility index (Phi) is 9.57. The molecule has 0 bridgehead atoms. The predicted octanol–water partition coefficient (Wildman–Crippen LogP) is 6.34. The van der Waals surface area contributed by atoms with Gasteiger partial charge in [0, 0.05) is 49.6 Å². The van der Waals surface area contributed by atoms with Gasteiger partial charge in [0.25, 0.3) is 0 Å². The third kappa shape index (κ3) is 7.21. The molecule has 47 heavy (non-hydrogen) atoms. The maximum absolute atomic E-state index is 15.7. The summed E-state index contributed by atoms with van der Waals surface area (Å²) in [5.41, 5.74) is 4.14. The molecule has 4 fully saturated rings. The highest BCUT2D eigenvalue weighted by molar-refractivity contribution is 8.00. The normalized spacial score (nSPS) is 27.5. The zero-order valence-electron chi connectivity index (χ0n) is 28.1. The molecule has 4 atom stereocenters. The van der Waals surface area contributed by atoms with Gasteiger partial charge < -0.3 is 25.2 Å². The van der Waals surface area contributed by atoms with Crippen molar-refractivity contribution < 1.29 is 18.7 Å². The standard InChI is InChI=1S/C37H50FN5O3S/c1-37(2,3)16-22-43-34-33(46-34)30(47-35(43)27-8-6-9-28(38)32(27)25-11-17-39-18-12-25)23-31(44)41-19-14-26(15-20-41)42-21-13-24-7-4-5-10-29(24)40-36(42)45/h4-10,25-26,30,33-35,39H,11-23H2,1-3H3,(H,40,45)/t30-,33?,34?,35?/m0/s1. The number of carbonyl (C=O) groups is 2. The summed E-state index contributed by atoms with van der Waals surface area (Å²) in [5, 5.41) is 6.48. The number of epoxide rings is 1. The van der Waals surface area contributed by atoms with Crippen molar-refractivity contribution in [3.05, 3.63) is 65.0 Å². The van der Waals surface area contributed by atoms with Gasteiger partial charge in [-0.25, -0.2) is 9.18 Å². The maximum Gasteiger partial charge on any atom is 0.322 e. The van der Waals surface area contributed by atoms with Crippen LogP contribution in [-0.2, 0) is 16.0 Å². The summed E-state index contributed by atoms with van der Waals surface area (Å²) in [4.78, 5) is 33.3. The van der Waals surface area contributed by atoms with E-state index >= 15 is 4.39 Å². The SMILES string of the molecule is CC(C)(C)CCN1C(c2cccc(F)c2C2CCNCC2)S[C@@H](CC(=O)N2CCC(N3CCc4ccccc4NC3=O)CC2)C2OC21. The van der Waals surface area contributed by atoms with Gasteiger partial charge >= 0.3 is 6.03 Å². The highest BCUT2D eigenvalue weighted by Gasteiger charge is 2.57. The fourth-order valence-electron chi connectivity index (χ4n) is 8.01. The summed E-state index contributed by atoms with van der Waals surface area (Å²) in [6.45, 7) is 11.4. The summed E-state index contributed by atoms with van der Waals surface area (Å²) in [6, 6.07) is 13.7. The first kappa shape index (κ1) is 32.9. The minimum Gasteiger partial charge on any atom is -0.352 e. The number of thioether (sulfide) groups is 1. The lowest BCUT2D eigenvalue weighted by molar-refractivity contribution is -0.132. The van der Waals surface area contributed by atoms with E-state index in [0.717, 1.165) is 80.5 Å². The Morgan fingerprint density at radius 3 is 2.55 bits per heavy atom. The average molecular weight is 664 g/mol. The van der Waals surface area contributed by atoms with Gasteiger partial charge in [-0.3, -0.25) is 9.69 Å². The number of ether oxygens (including phenoxy) is 1. The monoisotopic (exact) mass is 663 g/mol. The number of hydrogen-bond donors (Lipinski definition) is 2. The van der Waals surface area contributed by atoms with Gasteiger partial charge in [0.05, 0.1) is 5.37 Å². The van der Waals surface area contributed by atoms with E-state index in [2.05, 4.69) is 48.4 Å². The topological polar surface area (TPSA) is 80.5 Å². The fourth-order valence-corrected chi connectivity index (χ4v) is 9.67. The number of carbonyl (C=O) groups excluding carboxylic acids is 2. The zero-order valence-corrected chi connectivity index (χ0v) is 28.9. The van der Waals surface area contributed by atoms with Crippen molar-refractivity contribution in [2.24, 2.45) is 5.41 Å². The van der Waals surface area contributed by atoms with Crippen LogP contribution in [-0.4, -0.2) is 89.5 Å². The summed E-state index contributed by atoms with van der Waals surface area (Å²) in [6.07, 6.45) is 5.64. The van der Waals surface area contributed by atoms with E-state index in [0.29, 0.717) is 26.1 Å². The van der Waals surface area contributed by atoms with Crippen LogP contribution in [0.25, 0.3) is 0 Å². The van der Waals surface area contributed by atoms with Gasteiger partial charge in [-0.05, 0) is 91.8 Å². The van der Waals surface area contributed by atoms with Crippen LogP contribution in [0.2, 0.25) is 0 Å². The van der Waals surface area contributed by atoms with Crippen LogP contribution in [0.3, 0.4) is 0 Å². The Labute approximate surface area is 283 Å². The molecule has 0 saturated carbocycles. The number of likely N-dealkylation sites (tertiary alicyclic amines) is 1. The number of amides is 3. The van der Waals surface area contributed by atoms with Gasteiger partial charge in [-0.2, -0.15) is 0 Å². The molecule has 8 nitrogen and oxygen atoms in total. The number of urea groups is 1. The van der Waals surface area contributed by atoms with E-state index in [9.17, 15) is 9.59 Å². The first-order valence-corrected chi connectivity index (χ1v) is 18.6. The van der Waals surface area contributed by atoms with E-state index in [1.54, 1.807) is 17.8 Å². The van der Waals surface area contributed by atoms with Crippen molar-refractivity contribution in [3.8, 4) is 0 Å². The molecule has 7 rings (SSSR count). The summed E-state index contributed by atoms with van der Waals surface area (Å²) in [5.74, 6) is 0.238. The van der Waals surface area contributed by atoms with E-state index in [1.165, 1.54) is 0 Å². The van der Waals surface area contributed by atoms with Crippen LogP contribution in [0.4, 0.5) is 14.9 Å². The van der Waals surface area contributed by atoms with Crippen molar-refractivity contribution in [1.82, 2.24) is 20.0 Å². The second kappa shape index (κ2) is 13.7. The number of rotatable bonds is 7. The van der Waals surface area contributed by atoms with E-state index < -0.39 is 0 Å². The predicted molar refractivity (Wildman–Crippen MR) is 185 cm³/mol. The van der Waals surface area contributed by atoms with Crippen molar-refractivity contribution in [1.29, 1.82) is 0 Å². The van der Waals surface area contributed by atoms with Crippen LogP contribution < -0.4 is 10.6 Å². The molecule has 2 aromatic rings. The van der Waals surface area contributed by atoms with Crippen molar-refractivity contribution >= 4 is 29.4 Å². The smallest absolute Gasteiger partial charge is 0.322 e. The van der Waals surface area contributed by atoms with Crippen LogP contribution >= 0.6 is 11.8 Å². The Balaban J connectivity index is 1.03. The van der Waals surface area contributed by atoms with Crippen LogP contribution in [0.1, 0.15) is 87.3 Å². The molecule has 5 aliphatic heterocycles. The number of piperidine rings is 2. The second-order valence-electron chi connectivity index (χ2n) is 15.2. The number of hydrogen-bond acceptors (Lipinski definition) is 6. The van der Waals surface area contributed by atoms with Gasteiger partial charge in [0.2, 0.25) is 5.91 Å². The van der Waals surface area contributed by atoms with Crippen molar-refractivity contribution in [2.75, 3.05) is 44.6 Å². The van der Waals surface area contributed by atoms with Crippen LogP contribution in [0.5, 0.6) is 0 Å². The molecule has 5 heterocycles. The molecular weight excluding hydrogens is 614 g/mol. The summed E-state index contributed by atoms with van der Waals surface area (Å²) >= 11 is 1.80. The zero-order chi connectivity index (χ0) is 32.7. The highest BCUT2D eigenvalue weighted by Crippen LogP contribution is 2.54. The number of para-hydroxylation sites is 1. The minimum absolute atomic E-state index is 0.0102. The second-order valence-corrected chi connectivity index (χ2v) is 16.5. The van der Waals surface area contributed by atoms with Gasteiger partial charge in [0.15, 0.2) is 0 Å². The lowest BCUT2D eigenvalue weighted by Crippen LogP contribution is -2.50. The third-order valence-corrected chi connectivity index (χ3v) is 12.4. The van der Waals surface area contributed by atoms with E-state index in [4.69, 9.17) is 4.74 Å². The Morgan fingerprint density at radius 2 is 1.79 bits per heavy atom. The van der Waals surface area contributed by atoms with Crippen LogP contribution in [0, 0.1) is 11.2 Å². The average Bonchev–Trinajstić information content (AvgIpc) is 3.88. The van der Waals surface area contributed by atoms with E-state index in [-0.39, 0.29) is 58.1 Å². The molecule has 4 saturated heterocycles. The molecule has 10 heteroatoms. The quantitative estimate of drug-likeness (QED) is 0.337. The molecule has 2 N–H and O–H groups in total. The Hall–Kier alpha value is -2.66. The molecule has 0 spiro atoms. The van der Waals surface area contributed by atoms with Crippen LogP contribution in [0.15, 0.2) is 42.5 Å². The maximum atomic E-state index is 15.7. The molecule has 3 amide bonds.